The Bertz CT molecular complexity index is 1270. The smallest absolute Gasteiger partial charge is 0.407 e. The Morgan fingerprint density at radius 2 is 1.53 bits per heavy atom. The third-order valence-corrected chi connectivity index (χ3v) is 6.11. The van der Waals surface area contributed by atoms with Crippen molar-refractivity contribution >= 4 is 22.2 Å². The number of benzene rings is 3. The van der Waals surface area contributed by atoms with Crippen LogP contribution in [0.3, 0.4) is 0 Å². The maximum Gasteiger partial charge on any atom is 0.407 e. The summed E-state index contributed by atoms with van der Waals surface area (Å²) >= 11 is 0. The quantitative estimate of drug-likeness (QED) is 0.325. The van der Waals surface area contributed by atoms with Gasteiger partial charge < -0.3 is 19.0 Å². The first-order chi connectivity index (χ1) is 17.0. The molecule has 1 unspecified atom stereocenters. The van der Waals surface area contributed by atoms with Gasteiger partial charge in [0.05, 0.1) is 5.92 Å². The number of ether oxygens (including phenoxy) is 2. The molecule has 0 fully saturated rings. The highest BCUT2D eigenvalue weighted by molar-refractivity contribution is 7.87. The highest BCUT2D eigenvalue weighted by Gasteiger charge is 2.28. The number of carbonyl (C=O) groups is 2. The molecule has 0 aliphatic rings. The average molecular weight is 512 g/mol. The van der Waals surface area contributed by atoms with Crippen molar-refractivity contribution in [3.05, 3.63) is 96.1 Å². The van der Waals surface area contributed by atoms with E-state index < -0.39 is 33.7 Å². The third-order valence-electron chi connectivity index (χ3n) is 4.85. The Morgan fingerprint density at radius 1 is 0.889 bits per heavy atom. The first-order valence-corrected chi connectivity index (χ1v) is 12.7. The van der Waals surface area contributed by atoms with E-state index in [-0.39, 0.29) is 23.8 Å². The second-order valence-corrected chi connectivity index (χ2v) is 10.5. The van der Waals surface area contributed by atoms with Crippen LogP contribution in [-0.2, 0) is 31.0 Å². The van der Waals surface area contributed by atoms with E-state index >= 15 is 0 Å². The van der Waals surface area contributed by atoms with Crippen LogP contribution < -0.4 is 9.50 Å². The van der Waals surface area contributed by atoms with Crippen molar-refractivity contribution < 1.29 is 31.7 Å². The molecule has 3 rings (SSSR count). The summed E-state index contributed by atoms with van der Waals surface area (Å²) in [6, 6.07) is 23.0. The maximum atomic E-state index is 13.0. The van der Waals surface area contributed by atoms with Crippen molar-refractivity contribution in [3.8, 4) is 5.75 Å². The Kier molecular flexibility index (Phi) is 8.71. The minimum atomic E-state index is -4.07. The zero-order chi connectivity index (χ0) is 26.2. The molecule has 3 aromatic carbocycles. The summed E-state index contributed by atoms with van der Waals surface area (Å²) in [5.74, 6) is -1.50. The van der Waals surface area contributed by atoms with Crippen LogP contribution in [0.25, 0.3) is 0 Å². The van der Waals surface area contributed by atoms with Crippen molar-refractivity contribution in [3.63, 3.8) is 0 Å². The monoisotopic (exact) mass is 511 g/mol. The normalized spacial score (nSPS) is 12.3. The summed E-state index contributed by atoms with van der Waals surface area (Å²) in [5, 5.41) is 2.59. The second-order valence-electron chi connectivity index (χ2n) is 8.95. The lowest BCUT2D eigenvalue weighted by Crippen LogP contribution is -2.35. The van der Waals surface area contributed by atoms with Gasteiger partial charge in [0.1, 0.15) is 22.9 Å². The van der Waals surface area contributed by atoms with E-state index in [1.165, 1.54) is 24.3 Å². The van der Waals surface area contributed by atoms with Gasteiger partial charge >= 0.3 is 22.2 Å². The highest BCUT2D eigenvalue weighted by atomic mass is 32.2. The molecule has 0 saturated carbocycles. The first kappa shape index (κ1) is 26.7. The van der Waals surface area contributed by atoms with E-state index in [9.17, 15) is 18.0 Å². The van der Waals surface area contributed by atoms with Crippen LogP contribution in [0.2, 0.25) is 0 Å². The molecule has 0 spiro atoms. The van der Waals surface area contributed by atoms with Gasteiger partial charge in [-0.05, 0) is 56.2 Å². The van der Waals surface area contributed by atoms with Crippen LogP contribution in [0.5, 0.6) is 5.75 Å². The van der Waals surface area contributed by atoms with Gasteiger partial charge in [0.15, 0.2) is 0 Å². The van der Waals surface area contributed by atoms with Crippen molar-refractivity contribution in [2.75, 3.05) is 6.54 Å². The highest BCUT2D eigenvalue weighted by Crippen LogP contribution is 2.26. The molecule has 0 aliphatic heterocycles. The predicted molar refractivity (Wildman–Crippen MR) is 134 cm³/mol. The van der Waals surface area contributed by atoms with Gasteiger partial charge in [0.2, 0.25) is 0 Å². The summed E-state index contributed by atoms with van der Waals surface area (Å²) in [6.45, 7) is 5.14. The minimum Gasteiger partial charge on any atom is -0.459 e. The molecule has 0 saturated heterocycles. The molecule has 0 bridgehead atoms. The molecule has 3 aromatic rings. The molecule has 36 heavy (non-hydrogen) atoms. The largest absolute Gasteiger partial charge is 0.459 e. The minimum absolute atomic E-state index is 0.00178. The Labute approximate surface area is 211 Å². The van der Waals surface area contributed by atoms with Crippen LogP contribution in [0.15, 0.2) is 89.8 Å². The fraction of sp³-hybridized carbons (Fsp3) is 0.259. The van der Waals surface area contributed by atoms with E-state index in [0.717, 1.165) is 5.56 Å². The predicted octanol–water partition coefficient (Wildman–Crippen LogP) is 4.81. The van der Waals surface area contributed by atoms with Crippen molar-refractivity contribution in [1.82, 2.24) is 5.32 Å². The van der Waals surface area contributed by atoms with Crippen molar-refractivity contribution in [2.45, 2.75) is 43.8 Å². The lowest BCUT2D eigenvalue weighted by Gasteiger charge is -2.24. The summed E-state index contributed by atoms with van der Waals surface area (Å²) < 4.78 is 41.3. The average Bonchev–Trinajstić information content (AvgIpc) is 2.83. The van der Waals surface area contributed by atoms with E-state index in [2.05, 4.69) is 5.32 Å². The summed E-state index contributed by atoms with van der Waals surface area (Å²) in [5.41, 5.74) is 0.461. The molecule has 190 valence electrons. The van der Waals surface area contributed by atoms with Crippen LogP contribution in [0.1, 0.15) is 37.8 Å². The molecule has 1 N–H and O–H groups in total. The van der Waals surface area contributed by atoms with E-state index in [4.69, 9.17) is 13.7 Å². The molecular formula is C27H29NO7S. The van der Waals surface area contributed by atoms with E-state index in [1.807, 2.05) is 30.3 Å². The summed E-state index contributed by atoms with van der Waals surface area (Å²) in [6.07, 6.45) is -0.702. The van der Waals surface area contributed by atoms with Crippen LogP contribution in [0.4, 0.5) is 4.79 Å². The maximum absolute atomic E-state index is 13.0. The zero-order valence-electron chi connectivity index (χ0n) is 20.3. The number of nitrogens with one attached hydrogen (secondary N) is 1. The number of carbonyl (C=O) groups excluding carboxylic acids is 2. The molecule has 8 nitrogen and oxygen atoms in total. The number of amides is 1. The van der Waals surface area contributed by atoms with Crippen molar-refractivity contribution in [1.29, 1.82) is 0 Å². The molecular weight excluding hydrogens is 482 g/mol. The lowest BCUT2D eigenvalue weighted by molar-refractivity contribution is -0.156. The topological polar surface area (TPSA) is 108 Å². The molecule has 9 heteroatoms. The number of alkyl carbamates (subject to hydrolysis) is 1. The zero-order valence-corrected chi connectivity index (χ0v) is 21.2. The van der Waals surface area contributed by atoms with Gasteiger partial charge in [-0.25, -0.2) is 4.79 Å². The Morgan fingerprint density at radius 3 is 2.17 bits per heavy atom. The first-order valence-electron chi connectivity index (χ1n) is 11.3. The standard InChI is InChI=1S/C27H29NO7S/c1-27(2,3)34-25(29)24(18-28-26(30)33-19-20-11-6-4-7-12-20)21-13-10-14-22(17-21)35-36(31,32)23-15-8-5-9-16-23/h4-17,24H,18-19H2,1-3H3,(H,28,30). The van der Waals surface area contributed by atoms with Crippen LogP contribution >= 0.6 is 0 Å². The van der Waals surface area contributed by atoms with E-state index in [1.54, 1.807) is 51.1 Å². The number of rotatable bonds is 9. The molecule has 1 atom stereocenters. The lowest BCUT2D eigenvalue weighted by atomic mass is 9.98. The fourth-order valence-electron chi connectivity index (χ4n) is 3.21. The third kappa shape index (κ3) is 8.13. The molecule has 0 aliphatic carbocycles. The van der Waals surface area contributed by atoms with Crippen LogP contribution in [-0.4, -0.2) is 32.6 Å². The van der Waals surface area contributed by atoms with Gasteiger partial charge in [-0.2, -0.15) is 8.42 Å². The Hall–Kier alpha value is -3.85. The number of hydrogen-bond donors (Lipinski definition) is 1. The van der Waals surface area contributed by atoms with Gasteiger partial charge in [0.25, 0.3) is 0 Å². The van der Waals surface area contributed by atoms with E-state index in [0.29, 0.717) is 5.56 Å². The van der Waals surface area contributed by atoms with Gasteiger partial charge in [-0.15, -0.1) is 0 Å². The Balaban J connectivity index is 1.75. The van der Waals surface area contributed by atoms with Gasteiger partial charge in [-0.1, -0.05) is 60.7 Å². The SMILES string of the molecule is CC(C)(C)OC(=O)C(CNC(=O)OCc1ccccc1)c1cccc(OS(=O)(=O)c2ccccc2)c1. The second kappa shape index (κ2) is 11.7. The summed E-state index contributed by atoms with van der Waals surface area (Å²) in [4.78, 5) is 25.3. The number of hydrogen-bond acceptors (Lipinski definition) is 7. The fourth-order valence-corrected chi connectivity index (χ4v) is 4.16. The molecule has 0 radical (unpaired) electrons. The molecule has 0 heterocycles. The van der Waals surface area contributed by atoms with Gasteiger partial charge in [-0.3, -0.25) is 4.79 Å². The number of esters is 1. The molecule has 0 aromatic heterocycles. The summed E-state index contributed by atoms with van der Waals surface area (Å²) in [7, 11) is -4.07. The van der Waals surface area contributed by atoms with Crippen LogP contribution in [0, 0.1) is 0 Å². The van der Waals surface area contributed by atoms with Gasteiger partial charge in [0, 0.05) is 6.54 Å². The molecule has 1 amide bonds. The van der Waals surface area contributed by atoms with Crippen molar-refractivity contribution in [2.24, 2.45) is 0 Å².